The van der Waals surface area contributed by atoms with Crippen molar-refractivity contribution >= 4 is 27.5 Å². The Morgan fingerprint density at radius 3 is 3.00 bits per heavy atom. The van der Waals surface area contributed by atoms with Crippen molar-refractivity contribution in [3.05, 3.63) is 34.6 Å². The molecule has 1 aromatic heterocycles. The van der Waals surface area contributed by atoms with Crippen LogP contribution in [-0.4, -0.2) is 26.4 Å². The summed E-state index contributed by atoms with van der Waals surface area (Å²) < 4.78 is 0.802. The van der Waals surface area contributed by atoms with Gasteiger partial charge in [-0.1, -0.05) is 15.9 Å². The van der Waals surface area contributed by atoms with E-state index >= 15 is 0 Å². The molecular weight excluding hydrogens is 324 g/mol. The minimum absolute atomic E-state index is 0.0594. The summed E-state index contributed by atoms with van der Waals surface area (Å²) in [5.41, 5.74) is 1.32. The van der Waals surface area contributed by atoms with E-state index in [0.717, 1.165) is 29.4 Å². The number of halogens is 1. The van der Waals surface area contributed by atoms with Crippen LogP contribution in [0.25, 0.3) is 0 Å². The Morgan fingerprint density at radius 2 is 2.25 bits per heavy atom. The third-order valence-corrected chi connectivity index (χ3v) is 3.28. The molecule has 20 heavy (non-hydrogen) atoms. The van der Waals surface area contributed by atoms with Gasteiger partial charge in [0.2, 0.25) is 5.91 Å². The lowest BCUT2D eigenvalue weighted by Crippen LogP contribution is -2.11. The number of carbonyl (C=O) groups is 1. The number of aromatic nitrogens is 3. The summed E-state index contributed by atoms with van der Waals surface area (Å²) in [6.45, 7) is 0. The molecule has 2 rings (SSSR count). The summed E-state index contributed by atoms with van der Waals surface area (Å²) in [5, 5.41) is 22.5. The molecule has 0 atom stereocenters. The van der Waals surface area contributed by atoms with Crippen molar-refractivity contribution in [2.24, 2.45) is 0 Å². The number of nitrogens with one attached hydrogen (secondary N) is 2. The highest BCUT2D eigenvalue weighted by molar-refractivity contribution is 9.10. The van der Waals surface area contributed by atoms with Crippen LogP contribution in [0.3, 0.4) is 0 Å². The first-order valence-corrected chi connectivity index (χ1v) is 7.07. The zero-order chi connectivity index (χ0) is 14.4. The van der Waals surface area contributed by atoms with Crippen molar-refractivity contribution in [3.8, 4) is 5.75 Å². The fourth-order valence-corrected chi connectivity index (χ4v) is 2.12. The number of benzene rings is 1. The van der Waals surface area contributed by atoms with Crippen molar-refractivity contribution in [2.75, 3.05) is 5.32 Å². The number of hydrogen-bond acceptors (Lipinski definition) is 4. The van der Waals surface area contributed by atoms with E-state index in [9.17, 15) is 9.90 Å². The molecule has 2 aromatic rings. The monoisotopic (exact) mass is 338 g/mol. The second kappa shape index (κ2) is 7.04. The lowest BCUT2D eigenvalue weighted by Gasteiger charge is -2.07. The van der Waals surface area contributed by atoms with Crippen LogP contribution in [0.5, 0.6) is 5.75 Å². The van der Waals surface area contributed by atoms with E-state index in [2.05, 4.69) is 36.7 Å². The number of aromatic hydroxyl groups is 1. The smallest absolute Gasteiger partial charge is 0.224 e. The maximum Gasteiger partial charge on any atom is 0.224 e. The molecule has 6 nitrogen and oxygen atoms in total. The van der Waals surface area contributed by atoms with Gasteiger partial charge in [0, 0.05) is 10.9 Å². The number of rotatable bonds is 6. The van der Waals surface area contributed by atoms with E-state index in [1.54, 1.807) is 18.3 Å². The Kier molecular flexibility index (Phi) is 5.11. The second-order valence-electron chi connectivity index (χ2n) is 4.38. The lowest BCUT2D eigenvalue weighted by atomic mass is 10.1. The first-order chi connectivity index (χ1) is 9.65. The summed E-state index contributed by atoms with van der Waals surface area (Å²) in [5.74, 6) is -0.0531. The van der Waals surface area contributed by atoms with E-state index in [1.165, 1.54) is 6.07 Å². The molecule has 3 N–H and O–H groups in total. The van der Waals surface area contributed by atoms with Gasteiger partial charge in [-0.25, -0.2) is 0 Å². The molecule has 0 saturated heterocycles. The molecule has 0 saturated carbocycles. The molecule has 0 fully saturated rings. The minimum atomic E-state index is -0.112. The molecule has 0 radical (unpaired) electrons. The maximum atomic E-state index is 11.8. The van der Waals surface area contributed by atoms with Gasteiger partial charge in [0.05, 0.1) is 17.6 Å². The molecule has 0 aliphatic heterocycles. The van der Waals surface area contributed by atoms with Gasteiger partial charge in [0.1, 0.15) is 5.75 Å². The van der Waals surface area contributed by atoms with E-state index in [1.807, 2.05) is 0 Å². The number of aromatic amines is 1. The van der Waals surface area contributed by atoms with Crippen molar-refractivity contribution in [2.45, 2.75) is 25.7 Å². The predicted octanol–water partition coefficient (Wildman–Crippen LogP) is 2.62. The minimum Gasteiger partial charge on any atom is -0.506 e. The molecule has 1 aromatic carbocycles. The summed E-state index contributed by atoms with van der Waals surface area (Å²) in [4.78, 5) is 11.8. The van der Waals surface area contributed by atoms with Crippen molar-refractivity contribution < 1.29 is 9.90 Å². The molecule has 1 amide bonds. The Morgan fingerprint density at radius 1 is 1.40 bits per heavy atom. The number of aryl methyl sites for hydroxylation is 1. The van der Waals surface area contributed by atoms with Crippen molar-refractivity contribution in [1.82, 2.24) is 15.4 Å². The molecule has 0 aliphatic rings. The van der Waals surface area contributed by atoms with Crippen molar-refractivity contribution in [1.29, 1.82) is 0 Å². The van der Waals surface area contributed by atoms with Gasteiger partial charge in [-0.05, 0) is 37.5 Å². The third-order valence-electron chi connectivity index (χ3n) is 2.78. The molecule has 1 heterocycles. The predicted molar refractivity (Wildman–Crippen MR) is 78.4 cm³/mol. The van der Waals surface area contributed by atoms with Crippen LogP contribution in [-0.2, 0) is 11.2 Å². The fraction of sp³-hybridized carbons (Fsp3) is 0.308. The number of phenolic OH excluding ortho intramolecular Hbond substituents is 1. The van der Waals surface area contributed by atoms with Gasteiger partial charge >= 0.3 is 0 Å². The van der Waals surface area contributed by atoms with Crippen LogP contribution in [0.2, 0.25) is 0 Å². The Hall–Kier alpha value is -1.89. The lowest BCUT2D eigenvalue weighted by molar-refractivity contribution is -0.116. The van der Waals surface area contributed by atoms with Crippen LogP contribution < -0.4 is 5.32 Å². The van der Waals surface area contributed by atoms with Gasteiger partial charge in [-0.15, -0.1) is 0 Å². The largest absolute Gasteiger partial charge is 0.506 e. The van der Waals surface area contributed by atoms with Gasteiger partial charge in [0.25, 0.3) is 0 Å². The van der Waals surface area contributed by atoms with E-state index in [4.69, 9.17) is 0 Å². The quantitative estimate of drug-likeness (QED) is 0.557. The van der Waals surface area contributed by atoms with Crippen LogP contribution in [0.1, 0.15) is 25.0 Å². The average molecular weight is 339 g/mol. The average Bonchev–Trinajstić information content (AvgIpc) is 2.92. The molecular formula is C13H15BrN4O2. The Labute approximate surface area is 124 Å². The fourth-order valence-electron chi connectivity index (χ4n) is 1.76. The SMILES string of the molecule is O=C(CCCCc1cn[nH]n1)Nc1cc(Br)ccc1O. The van der Waals surface area contributed by atoms with E-state index < -0.39 is 0 Å². The van der Waals surface area contributed by atoms with Gasteiger partial charge < -0.3 is 10.4 Å². The van der Waals surface area contributed by atoms with Crippen LogP contribution in [0, 0.1) is 0 Å². The normalized spacial score (nSPS) is 10.4. The van der Waals surface area contributed by atoms with Gasteiger partial charge in [0.15, 0.2) is 0 Å². The summed E-state index contributed by atoms with van der Waals surface area (Å²) >= 11 is 3.29. The van der Waals surface area contributed by atoms with E-state index in [-0.39, 0.29) is 11.7 Å². The number of nitrogens with zero attached hydrogens (tertiary/aromatic N) is 2. The van der Waals surface area contributed by atoms with Crippen LogP contribution in [0.4, 0.5) is 5.69 Å². The Balaban J connectivity index is 1.73. The van der Waals surface area contributed by atoms with E-state index in [0.29, 0.717) is 12.1 Å². The zero-order valence-corrected chi connectivity index (χ0v) is 12.4. The number of amides is 1. The Bertz CT molecular complexity index is 572. The van der Waals surface area contributed by atoms with Crippen LogP contribution in [0.15, 0.2) is 28.9 Å². The molecule has 7 heteroatoms. The number of anilines is 1. The number of phenols is 1. The molecule has 106 valence electrons. The van der Waals surface area contributed by atoms with Gasteiger partial charge in [-0.3, -0.25) is 4.79 Å². The summed E-state index contributed by atoms with van der Waals surface area (Å²) in [6.07, 6.45) is 4.51. The maximum absolute atomic E-state index is 11.8. The topological polar surface area (TPSA) is 90.9 Å². The number of unbranched alkanes of at least 4 members (excludes halogenated alkanes) is 1. The number of carbonyl (C=O) groups excluding carboxylic acids is 1. The third kappa shape index (κ3) is 4.34. The van der Waals surface area contributed by atoms with Crippen molar-refractivity contribution in [3.63, 3.8) is 0 Å². The standard InChI is InChI=1S/C13H15BrN4O2/c14-9-5-6-12(19)11(7-9)16-13(20)4-2-1-3-10-8-15-18-17-10/h5-8,19H,1-4H2,(H,16,20)(H,15,17,18). The number of H-pyrrole nitrogens is 1. The van der Waals surface area contributed by atoms with Gasteiger partial charge in [-0.2, -0.15) is 15.4 Å². The first kappa shape index (κ1) is 14.5. The highest BCUT2D eigenvalue weighted by Gasteiger charge is 2.07. The zero-order valence-electron chi connectivity index (χ0n) is 10.8. The second-order valence-corrected chi connectivity index (χ2v) is 5.29. The molecule has 0 bridgehead atoms. The first-order valence-electron chi connectivity index (χ1n) is 6.28. The highest BCUT2D eigenvalue weighted by atomic mass is 79.9. The molecule has 0 aliphatic carbocycles. The summed E-state index contributed by atoms with van der Waals surface area (Å²) in [7, 11) is 0. The highest BCUT2D eigenvalue weighted by Crippen LogP contribution is 2.26. The van der Waals surface area contributed by atoms with Crippen LogP contribution >= 0.6 is 15.9 Å². The molecule has 0 unspecified atom stereocenters. The number of hydrogen-bond donors (Lipinski definition) is 3. The summed E-state index contributed by atoms with van der Waals surface area (Å²) in [6, 6.07) is 4.91. The molecule has 0 spiro atoms.